The van der Waals surface area contributed by atoms with Crippen molar-refractivity contribution in [3.05, 3.63) is 35.9 Å². The molecule has 0 spiro atoms. The highest BCUT2D eigenvalue weighted by Gasteiger charge is 2.27. The van der Waals surface area contributed by atoms with Gasteiger partial charge >= 0.3 is 0 Å². The van der Waals surface area contributed by atoms with Gasteiger partial charge in [-0.1, -0.05) is 30.3 Å². The van der Waals surface area contributed by atoms with E-state index in [4.69, 9.17) is 4.74 Å². The third-order valence-corrected chi connectivity index (χ3v) is 5.72. The Morgan fingerprint density at radius 1 is 1.24 bits per heavy atom. The van der Waals surface area contributed by atoms with Crippen LogP contribution < -0.4 is 5.32 Å². The molecule has 1 aliphatic heterocycles. The van der Waals surface area contributed by atoms with Gasteiger partial charge in [0.05, 0.1) is 6.26 Å². The van der Waals surface area contributed by atoms with Crippen LogP contribution in [-0.4, -0.2) is 57.2 Å². The minimum Gasteiger partial charge on any atom is -0.381 e. The highest BCUT2D eigenvalue weighted by Crippen LogP contribution is 2.16. The third kappa shape index (κ3) is 7.13. The molecule has 1 aliphatic rings. The fraction of sp³-hybridized carbons (Fsp3) is 0.611. The first-order valence-electron chi connectivity index (χ1n) is 8.82. The predicted octanol–water partition coefficient (Wildman–Crippen LogP) is 1.57. The summed E-state index contributed by atoms with van der Waals surface area (Å²) in [6, 6.07) is 10.0. The number of carbonyl (C=O) groups excluding carboxylic acids is 1. The Morgan fingerprint density at radius 3 is 2.56 bits per heavy atom. The largest absolute Gasteiger partial charge is 0.381 e. The van der Waals surface area contributed by atoms with Gasteiger partial charge in [-0.15, -0.1) is 0 Å². The van der Waals surface area contributed by atoms with E-state index in [0.717, 1.165) is 12.8 Å². The molecule has 2 rings (SSSR count). The van der Waals surface area contributed by atoms with Crippen molar-refractivity contribution in [3.63, 3.8) is 0 Å². The molecule has 6 nitrogen and oxygen atoms in total. The van der Waals surface area contributed by atoms with E-state index in [1.54, 1.807) is 0 Å². The molecule has 1 heterocycles. The lowest BCUT2D eigenvalue weighted by Gasteiger charge is -2.32. The topological polar surface area (TPSA) is 75.7 Å². The Bertz CT molecular complexity index is 628. The average molecular weight is 368 g/mol. The smallest absolute Gasteiger partial charge is 0.220 e. The summed E-state index contributed by atoms with van der Waals surface area (Å²) in [5.74, 6) is -0.0311. The monoisotopic (exact) mass is 368 g/mol. The molecule has 1 fully saturated rings. The number of rotatable bonds is 9. The van der Waals surface area contributed by atoms with E-state index in [2.05, 4.69) is 17.4 Å². The van der Waals surface area contributed by atoms with Gasteiger partial charge in [-0.05, 0) is 31.2 Å². The van der Waals surface area contributed by atoms with E-state index in [1.807, 2.05) is 18.2 Å². The Hall–Kier alpha value is -1.44. The average Bonchev–Trinajstić information content (AvgIpc) is 2.59. The van der Waals surface area contributed by atoms with E-state index in [1.165, 1.54) is 16.1 Å². The Balaban J connectivity index is 1.70. The lowest BCUT2D eigenvalue weighted by atomic mass is 10.1. The molecule has 1 aromatic carbocycles. The highest BCUT2D eigenvalue weighted by molar-refractivity contribution is 7.88. The second kappa shape index (κ2) is 9.89. The number of aryl methyl sites for hydroxylation is 1. The van der Waals surface area contributed by atoms with Crippen LogP contribution in [-0.2, 0) is 26.0 Å². The van der Waals surface area contributed by atoms with Crippen molar-refractivity contribution in [2.45, 2.75) is 38.1 Å². The predicted molar refractivity (Wildman–Crippen MR) is 97.8 cm³/mol. The maximum Gasteiger partial charge on any atom is 0.220 e. The zero-order valence-electron chi connectivity index (χ0n) is 14.8. The second-order valence-electron chi connectivity index (χ2n) is 6.41. The van der Waals surface area contributed by atoms with E-state index in [-0.39, 0.29) is 11.9 Å². The molecule has 25 heavy (non-hydrogen) atoms. The summed E-state index contributed by atoms with van der Waals surface area (Å²) < 4.78 is 30.8. The summed E-state index contributed by atoms with van der Waals surface area (Å²) in [4.78, 5) is 11.9. The van der Waals surface area contributed by atoms with Crippen molar-refractivity contribution in [2.24, 2.45) is 0 Å². The van der Waals surface area contributed by atoms with Crippen LogP contribution in [0, 0.1) is 0 Å². The lowest BCUT2D eigenvalue weighted by Crippen LogP contribution is -2.46. The minimum atomic E-state index is -3.29. The van der Waals surface area contributed by atoms with Crippen molar-refractivity contribution in [1.29, 1.82) is 0 Å². The summed E-state index contributed by atoms with van der Waals surface area (Å²) in [6.45, 7) is 1.83. The summed E-state index contributed by atoms with van der Waals surface area (Å²) >= 11 is 0. The van der Waals surface area contributed by atoms with Crippen LogP contribution in [0.4, 0.5) is 0 Å². The number of ether oxygens (including phenoxy) is 1. The molecule has 1 saturated heterocycles. The van der Waals surface area contributed by atoms with Crippen molar-refractivity contribution < 1.29 is 17.9 Å². The third-order valence-electron chi connectivity index (χ3n) is 4.39. The minimum absolute atomic E-state index is 0.0290. The van der Waals surface area contributed by atoms with Gasteiger partial charge in [0, 0.05) is 38.8 Å². The van der Waals surface area contributed by atoms with Crippen LogP contribution in [0.5, 0.6) is 0 Å². The van der Waals surface area contributed by atoms with Crippen LogP contribution in [0.3, 0.4) is 0 Å². The number of sulfonamides is 1. The van der Waals surface area contributed by atoms with Crippen LogP contribution in [0.15, 0.2) is 30.3 Å². The molecular formula is C18H28N2O4S. The zero-order chi connectivity index (χ0) is 18.1. The van der Waals surface area contributed by atoms with Gasteiger partial charge < -0.3 is 10.1 Å². The highest BCUT2D eigenvalue weighted by atomic mass is 32.2. The van der Waals surface area contributed by atoms with Crippen molar-refractivity contribution in [1.82, 2.24) is 9.62 Å². The summed E-state index contributed by atoms with van der Waals surface area (Å²) in [6.07, 6.45) is 4.74. The standard InChI is InChI=1S/C18H28N2O4S/c1-25(22,23)20(17-10-14-24-15-11-17)13-12-19-18(21)9-5-8-16-6-3-2-4-7-16/h2-4,6-7,17H,5,8-15H2,1H3,(H,19,21). The maximum absolute atomic E-state index is 12.0. The Morgan fingerprint density at radius 2 is 1.92 bits per heavy atom. The fourth-order valence-corrected chi connectivity index (χ4v) is 4.26. The molecule has 1 aromatic rings. The van der Waals surface area contributed by atoms with Crippen LogP contribution >= 0.6 is 0 Å². The number of nitrogens with one attached hydrogen (secondary N) is 1. The molecule has 1 amide bonds. The number of hydrogen-bond acceptors (Lipinski definition) is 4. The second-order valence-corrected chi connectivity index (χ2v) is 8.34. The molecule has 0 aromatic heterocycles. The van der Waals surface area contributed by atoms with Gasteiger partial charge in [0.25, 0.3) is 0 Å². The molecular weight excluding hydrogens is 340 g/mol. The molecule has 140 valence electrons. The molecule has 1 N–H and O–H groups in total. The Kier molecular flexibility index (Phi) is 7.87. The normalized spacial score (nSPS) is 16.1. The van der Waals surface area contributed by atoms with Gasteiger partial charge in [0.15, 0.2) is 0 Å². The first-order valence-corrected chi connectivity index (χ1v) is 10.7. The van der Waals surface area contributed by atoms with E-state index < -0.39 is 10.0 Å². The molecule has 0 radical (unpaired) electrons. The van der Waals surface area contributed by atoms with Crippen molar-refractivity contribution in [2.75, 3.05) is 32.6 Å². The first kappa shape index (κ1) is 19.9. The molecule has 0 atom stereocenters. The fourth-order valence-electron chi connectivity index (χ4n) is 3.08. The molecule has 7 heteroatoms. The maximum atomic E-state index is 12.0. The van der Waals surface area contributed by atoms with Gasteiger partial charge in [-0.3, -0.25) is 4.79 Å². The van der Waals surface area contributed by atoms with E-state index in [0.29, 0.717) is 45.6 Å². The number of amides is 1. The van der Waals surface area contributed by atoms with Gasteiger partial charge in [-0.25, -0.2) is 8.42 Å². The lowest BCUT2D eigenvalue weighted by molar-refractivity contribution is -0.121. The molecule has 0 unspecified atom stereocenters. The zero-order valence-corrected chi connectivity index (χ0v) is 15.6. The molecule has 0 aliphatic carbocycles. The summed E-state index contributed by atoms with van der Waals surface area (Å²) in [7, 11) is -3.29. The van der Waals surface area contributed by atoms with E-state index >= 15 is 0 Å². The van der Waals surface area contributed by atoms with Crippen LogP contribution in [0.25, 0.3) is 0 Å². The van der Waals surface area contributed by atoms with E-state index in [9.17, 15) is 13.2 Å². The quantitative estimate of drug-likeness (QED) is 0.718. The molecule has 0 saturated carbocycles. The van der Waals surface area contributed by atoms with Crippen LogP contribution in [0.1, 0.15) is 31.2 Å². The number of hydrogen-bond donors (Lipinski definition) is 1. The molecule has 0 bridgehead atoms. The number of benzene rings is 1. The SMILES string of the molecule is CS(=O)(=O)N(CCNC(=O)CCCc1ccccc1)C1CCOCC1. The first-order chi connectivity index (χ1) is 12.0. The van der Waals surface area contributed by atoms with Crippen LogP contribution in [0.2, 0.25) is 0 Å². The van der Waals surface area contributed by atoms with Crippen molar-refractivity contribution in [3.8, 4) is 0 Å². The van der Waals surface area contributed by atoms with Gasteiger partial charge in [0.1, 0.15) is 0 Å². The summed E-state index contributed by atoms with van der Waals surface area (Å²) in [5.41, 5.74) is 1.22. The summed E-state index contributed by atoms with van der Waals surface area (Å²) in [5, 5.41) is 2.83. The van der Waals surface area contributed by atoms with Gasteiger partial charge in [-0.2, -0.15) is 4.31 Å². The van der Waals surface area contributed by atoms with Crippen molar-refractivity contribution >= 4 is 15.9 Å². The van der Waals surface area contributed by atoms with Gasteiger partial charge in [0.2, 0.25) is 15.9 Å². The number of nitrogens with zero attached hydrogens (tertiary/aromatic N) is 1. The Labute approximate surface area is 150 Å². The number of carbonyl (C=O) groups is 1.